The molecule has 6 heteroatoms. The molecule has 122 valence electrons. The van der Waals surface area contributed by atoms with Crippen molar-refractivity contribution in [2.45, 2.75) is 45.1 Å². The minimum atomic E-state index is -1.00. The van der Waals surface area contributed by atoms with Crippen LogP contribution in [0.25, 0.3) is 0 Å². The first-order valence-electron chi connectivity index (χ1n) is 7.34. The molecule has 0 radical (unpaired) electrons. The van der Waals surface area contributed by atoms with E-state index in [1.807, 2.05) is 0 Å². The first-order valence-corrected chi connectivity index (χ1v) is 7.34. The van der Waals surface area contributed by atoms with E-state index < -0.39 is 23.3 Å². The highest BCUT2D eigenvalue weighted by molar-refractivity contribution is 5.68. The molecule has 1 saturated heterocycles. The van der Waals surface area contributed by atoms with Crippen molar-refractivity contribution in [3.05, 3.63) is 29.3 Å². The summed E-state index contributed by atoms with van der Waals surface area (Å²) in [5, 5.41) is 9.78. The van der Waals surface area contributed by atoms with Crippen molar-refractivity contribution in [1.29, 1.82) is 0 Å². The molecule has 2 rings (SSSR count). The third-order valence-electron chi connectivity index (χ3n) is 3.66. The van der Waals surface area contributed by atoms with Gasteiger partial charge in [0, 0.05) is 18.7 Å². The Morgan fingerprint density at radius 3 is 2.41 bits per heavy atom. The number of nitrogens with zero attached hydrogens (tertiary/aromatic N) is 1. The van der Waals surface area contributed by atoms with Gasteiger partial charge in [-0.15, -0.1) is 0 Å². The summed E-state index contributed by atoms with van der Waals surface area (Å²) in [5.74, 6) is -2.53. The van der Waals surface area contributed by atoms with Gasteiger partial charge in [-0.3, -0.25) is 0 Å². The third-order valence-corrected chi connectivity index (χ3v) is 3.66. The molecule has 0 atom stereocenters. The van der Waals surface area contributed by atoms with Crippen LogP contribution in [-0.2, 0) is 4.74 Å². The normalized spacial score (nSPS) is 16.7. The first-order chi connectivity index (χ1) is 10.2. The number of aromatic hydroxyl groups is 1. The van der Waals surface area contributed by atoms with Crippen molar-refractivity contribution >= 4 is 6.09 Å². The predicted molar refractivity (Wildman–Crippen MR) is 77.8 cm³/mol. The molecule has 4 nitrogen and oxygen atoms in total. The molecule has 1 N–H and O–H groups in total. The Hall–Kier alpha value is -1.85. The summed E-state index contributed by atoms with van der Waals surface area (Å²) in [6.07, 6.45) is 0.496. The minimum absolute atomic E-state index is 0.00355. The van der Waals surface area contributed by atoms with Gasteiger partial charge in [-0.05, 0) is 51.7 Å². The molecular weight excluding hydrogens is 292 g/mol. The maximum atomic E-state index is 13.9. The molecule has 0 unspecified atom stereocenters. The maximum absolute atomic E-state index is 13.9. The van der Waals surface area contributed by atoms with Crippen LogP contribution in [0.1, 0.15) is 45.1 Å². The van der Waals surface area contributed by atoms with Crippen molar-refractivity contribution in [2.24, 2.45) is 0 Å². The van der Waals surface area contributed by atoms with Gasteiger partial charge in [0.05, 0.1) is 0 Å². The Kier molecular flexibility index (Phi) is 4.58. The zero-order valence-electron chi connectivity index (χ0n) is 13.0. The highest BCUT2D eigenvalue weighted by Crippen LogP contribution is 2.36. The zero-order chi connectivity index (χ0) is 16.5. The Morgan fingerprint density at radius 2 is 1.86 bits per heavy atom. The molecule has 1 aromatic rings. The molecule has 0 spiro atoms. The molecule has 0 aromatic heterocycles. The molecule has 1 aliphatic rings. The highest BCUT2D eigenvalue weighted by Gasteiger charge is 2.30. The smallest absolute Gasteiger partial charge is 0.410 e. The van der Waals surface area contributed by atoms with Crippen LogP contribution >= 0.6 is 0 Å². The summed E-state index contributed by atoms with van der Waals surface area (Å²) in [4.78, 5) is 13.5. The Morgan fingerprint density at radius 1 is 1.27 bits per heavy atom. The number of phenols is 1. The number of piperidine rings is 1. The standard InChI is InChI=1S/C16H21F2NO3/c1-16(2,3)22-15(21)19-8-6-10(7-9-19)13-12(20)5-4-11(17)14(13)18/h4-5,10,20H,6-9H2,1-3H3. The van der Waals surface area contributed by atoms with E-state index in [0.717, 1.165) is 12.1 Å². The lowest BCUT2D eigenvalue weighted by Gasteiger charge is -2.33. The second kappa shape index (κ2) is 6.10. The number of rotatable bonds is 1. The van der Waals surface area contributed by atoms with Crippen LogP contribution in [-0.4, -0.2) is 34.8 Å². The molecule has 0 saturated carbocycles. The van der Waals surface area contributed by atoms with E-state index in [1.165, 1.54) is 0 Å². The number of hydrogen-bond donors (Lipinski definition) is 1. The number of phenolic OH excluding ortho intramolecular Hbond substituents is 1. The summed E-state index contributed by atoms with van der Waals surface area (Å²) in [5.41, 5.74) is -0.565. The van der Waals surface area contributed by atoms with E-state index in [9.17, 15) is 18.7 Å². The van der Waals surface area contributed by atoms with E-state index >= 15 is 0 Å². The van der Waals surface area contributed by atoms with Crippen molar-refractivity contribution in [1.82, 2.24) is 4.90 Å². The van der Waals surface area contributed by atoms with Crippen LogP contribution < -0.4 is 0 Å². The fourth-order valence-electron chi connectivity index (χ4n) is 2.62. The molecule has 1 amide bonds. The van der Waals surface area contributed by atoms with Gasteiger partial charge < -0.3 is 14.7 Å². The molecule has 1 aliphatic heterocycles. The maximum Gasteiger partial charge on any atom is 0.410 e. The van der Waals surface area contributed by atoms with Gasteiger partial charge in [0.1, 0.15) is 11.4 Å². The minimum Gasteiger partial charge on any atom is -0.508 e. The summed E-state index contributed by atoms with van der Waals surface area (Å²) >= 11 is 0. The molecular formula is C16H21F2NO3. The van der Waals surface area contributed by atoms with Gasteiger partial charge >= 0.3 is 6.09 Å². The Bertz CT molecular complexity index is 561. The third kappa shape index (κ3) is 3.67. The van der Waals surface area contributed by atoms with Crippen molar-refractivity contribution in [3.8, 4) is 5.75 Å². The lowest BCUT2D eigenvalue weighted by atomic mass is 9.88. The van der Waals surface area contributed by atoms with Crippen molar-refractivity contribution < 1.29 is 23.4 Å². The predicted octanol–water partition coefficient (Wildman–Crippen LogP) is 3.78. The van der Waals surface area contributed by atoms with Gasteiger partial charge in [-0.1, -0.05) is 0 Å². The molecule has 1 fully saturated rings. The van der Waals surface area contributed by atoms with Crippen LogP contribution in [0.5, 0.6) is 5.75 Å². The Balaban J connectivity index is 2.04. The van der Waals surface area contributed by atoms with E-state index in [1.54, 1.807) is 25.7 Å². The number of carbonyl (C=O) groups excluding carboxylic acids is 1. The molecule has 1 aromatic carbocycles. The number of amides is 1. The second-order valence-electron chi connectivity index (χ2n) is 6.54. The summed E-state index contributed by atoms with van der Waals surface area (Å²) in [7, 11) is 0. The average Bonchev–Trinajstić information content (AvgIpc) is 2.42. The fraction of sp³-hybridized carbons (Fsp3) is 0.562. The van der Waals surface area contributed by atoms with E-state index in [2.05, 4.69) is 0 Å². The van der Waals surface area contributed by atoms with Crippen LogP contribution in [0, 0.1) is 11.6 Å². The lowest BCUT2D eigenvalue weighted by Crippen LogP contribution is -2.41. The first kappa shape index (κ1) is 16.5. The number of likely N-dealkylation sites (tertiary alicyclic amines) is 1. The lowest BCUT2D eigenvalue weighted by molar-refractivity contribution is 0.0204. The van der Waals surface area contributed by atoms with Gasteiger partial charge in [0.15, 0.2) is 11.6 Å². The number of benzene rings is 1. The van der Waals surface area contributed by atoms with E-state index in [0.29, 0.717) is 25.9 Å². The molecule has 0 bridgehead atoms. The van der Waals surface area contributed by atoms with Crippen LogP contribution in [0.15, 0.2) is 12.1 Å². The summed E-state index contributed by atoms with van der Waals surface area (Å²) < 4.78 is 32.5. The largest absolute Gasteiger partial charge is 0.508 e. The average molecular weight is 313 g/mol. The molecule has 1 heterocycles. The summed E-state index contributed by atoms with van der Waals surface area (Å²) in [6.45, 7) is 6.14. The van der Waals surface area contributed by atoms with E-state index in [-0.39, 0.29) is 17.2 Å². The monoisotopic (exact) mass is 313 g/mol. The van der Waals surface area contributed by atoms with Gasteiger partial charge in [-0.25, -0.2) is 13.6 Å². The molecule has 22 heavy (non-hydrogen) atoms. The highest BCUT2D eigenvalue weighted by atomic mass is 19.2. The van der Waals surface area contributed by atoms with Gasteiger partial charge in [-0.2, -0.15) is 0 Å². The SMILES string of the molecule is CC(C)(C)OC(=O)N1CCC(c2c(O)ccc(F)c2F)CC1. The van der Waals surface area contributed by atoms with Crippen LogP contribution in [0.4, 0.5) is 13.6 Å². The number of ether oxygens (including phenoxy) is 1. The Labute approximate surface area is 128 Å². The van der Waals surface area contributed by atoms with Gasteiger partial charge in [0.2, 0.25) is 0 Å². The van der Waals surface area contributed by atoms with Crippen molar-refractivity contribution in [2.75, 3.05) is 13.1 Å². The number of halogens is 2. The van der Waals surface area contributed by atoms with Gasteiger partial charge in [0.25, 0.3) is 0 Å². The number of carbonyl (C=O) groups is 1. The van der Waals surface area contributed by atoms with Crippen LogP contribution in [0.3, 0.4) is 0 Å². The van der Waals surface area contributed by atoms with Crippen LogP contribution in [0.2, 0.25) is 0 Å². The topological polar surface area (TPSA) is 49.8 Å². The second-order valence-corrected chi connectivity index (χ2v) is 6.54. The summed E-state index contributed by atoms with van der Waals surface area (Å²) in [6, 6.07) is 2.07. The quantitative estimate of drug-likeness (QED) is 0.858. The molecule has 0 aliphatic carbocycles. The number of hydrogen-bond acceptors (Lipinski definition) is 3. The fourth-order valence-corrected chi connectivity index (χ4v) is 2.62. The zero-order valence-corrected chi connectivity index (χ0v) is 13.0. The van der Waals surface area contributed by atoms with E-state index in [4.69, 9.17) is 4.74 Å². The van der Waals surface area contributed by atoms with Crippen molar-refractivity contribution in [3.63, 3.8) is 0 Å².